The highest BCUT2D eigenvalue weighted by Crippen LogP contribution is 2.35. The lowest BCUT2D eigenvalue weighted by molar-refractivity contribution is 0.0950. The number of rotatable bonds is 9. The molecule has 5 nitrogen and oxygen atoms in total. The summed E-state index contributed by atoms with van der Waals surface area (Å²) in [5.41, 5.74) is 2.84. The van der Waals surface area contributed by atoms with Crippen molar-refractivity contribution in [3.63, 3.8) is 0 Å². The zero-order valence-electron chi connectivity index (χ0n) is 16.3. The van der Waals surface area contributed by atoms with Crippen molar-refractivity contribution in [2.45, 2.75) is 26.9 Å². The van der Waals surface area contributed by atoms with Crippen molar-refractivity contribution in [3.8, 4) is 11.5 Å². The first-order valence-corrected chi connectivity index (χ1v) is 9.82. The predicted molar refractivity (Wildman–Crippen MR) is 111 cm³/mol. The number of nitrogens with zero attached hydrogens (tertiary/aromatic N) is 1. The monoisotopic (exact) mass is 434 g/mol. The number of nitrogens with one attached hydrogen (secondary N) is 1. The second-order valence-electron chi connectivity index (χ2n) is 6.11. The molecule has 146 valence electrons. The molecule has 0 bridgehead atoms. The molecule has 1 N–H and O–H groups in total. The number of carbonyl (C=O) groups is 1. The molecule has 1 amide bonds. The van der Waals surface area contributed by atoms with Crippen molar-refractivity contribution in [1.29, 1.82) is 0 Å². The van der Waals surface area contributed by atoms with Crippen LogP contribution in [0, 0.1) is 0 Å². The molecule has 0 aliphatic rings. The molecule has 0 aliphatic carbocycles. The van der Waals surface area contributed by atoms with E-state index in [9.17, 15) is 4.79 Å². The fraction of sp³-hybridized carbons (Fsp3) is 0.381. The summed E-state index contributed by atoms with van der Waals surface area (Å²) in [6, 6.07) is 11.6. The van der Waals surface area contributed by atoms with Gasteiger partial charge in [0.2, 0.25) is 0 Å². The van der Waals surface area contributed by atoms with Crippen LogP contribution in [0.25, 0.3) is 0 Å². The Morgan fingerprint density at radius 2 is 1.59 bits per heavy atom. The smallest absolute Gasteiger partial charge is 0.251 e. The Balaban J connectivity index is 2.14. The molecule has 2 rings (SSSR count). The molecular formula is C21H27BrN2O3. The molecule has 0 fully saturated rings. The zero-order valence-corrected chi connectivity index (χ0v) is 17.9. The van der Waals surface area contributed by atoms with Crippen molar-refractivity contribution in [2.24, 2.45) is 0 Å². The highest BCUT2D eigenvalue weighted by Gasteiger charge is 2.15. The zero-order chi connectivity index (χ0) is 19.8. The molecule has 0 heterocycles. The maximum Gasteiger partial charge on any atom is 0.251 e. The van der Waals surface area contributed by atoms with Gasteiger partial charge in [-0.2, -0.15) is 0 Å². The topological polar surface area (TPSA) is 50.8 Å². The van der Waals surface area contributed by atoms with Crippen molar-refractivity contribution in [3.05, 3.63) is 57.6 Å². The van der Waals surface area contributed by atoms with Crippen LogP contribution in [0.1, 0.15) is 35.3 Å². The Hall–Kier alpha value is -2.05. The molecule has 0 radical (unpaired) electrons. The lowest BCUT2D eigenvalue weighted by Gasteiger charge is -2.20. The SMILES string of the molecule is CCN(CC)Cc1ccccc1CNC(=O)c1cc(OC)c(Br)c(OC)c1. The van der Waals surface area contributed by atoms with Crippen LogP contribution >= 0.6 is 15.9 Å². The van der Waals surface area contributed by atoms with E-state index in [1.807, 2.05) is 12.1 Å². The van der Waals surface area contributed by atoms with Crippen LogP contribution in [-0.2, 0) is 13.1 Å². The average molecular weight is 435 g/mol. The molecule has 0 spiro atoms. The lowest BCUT2D eigenvalue weighted by atomic mass is 10.1. The molecular weight excluding hydrogens is 408 g/mol. The van der Waals surface area contributed by atoms with Gasteiger partial charge in [-0.25, -0.2) is 0 Å². The van der Waals surface area contributed by atoms with Gasteiger partial charge in [0, 0.05) is 18.7 Å². The average Bonchev–Trinajstić information content (AvgIpc) is 2.71. The van der Waals surface area contributed by atoms with E-state index in [0.717, 1.165) is 25.2 Å². The molecule has 0 saturated carbocycles. The molecule has 0 atom stereocenters. The van der Waals surface area contributed by atoms with Gasteiger partial charge >= 0.3 is 0 Å². The maximum atomic E-state index is 12.7. The van der Waals surface area contributed by atoms with Crippen LogP contribution in [0.2, 0.25) is 0 Å². The van der Waals surface area contributed by atoms with Crippen LogP contribution in [0.3, 0.4) is 0 Å². The summed E-state index contributed by atoms with van der Waals surface area (Å²) >= 11 is 3.42. The van der Waals surface area contributed by atoms with Crippen molar-refractivity contribution < 1.29 is 14.3 Å². The summed E-state index contributed by atoms with van der Waals surface area (Å²) < 4.78 is 11.3. The summed E-state index contributed by atoms with van der Waals surface area (Å²) in [4.78, 5) is 15.0. The Kier molecular flexibility index (Phi) is 8.13. The first-order valence-electron chi connectivity index (χ1n) is 9.02. The standard InChI is InChI=1S/C21H27BrN2O3/c1-5-24(6-2)14-16-10-8-7-9-15(16)13-23-21(25)17-11-18(26-3)20(22)19(12-17)27-4/h7-12H,5-6,13-14H2,1-4H3,(H,23,25). The van der Waals surface area contributed by atoms with E-state index >= 15 is 0 Å². The Labute approximate surface area is 169 Å². The van der Waals surface area contributed by atoms with Gasteiger partial charge in [0.15, 0.2) is 0 Å². The van der Waals surface area contributed by atoms with E-state index in [-0.39, 0.29) is 5.91 Å². The van der Waals surface area contributed by atoms with Crippen LogP contribution in [0.15, 0.2) is 40.9 Å². The first-order chi connectivity index (χ1) is 13.0. The minimum atomic E-state index is -0.170. The summed E-state index contributed by atoms with van der Waals surface area (Å²) in [6.07, 6.45) is 0. The molecule has 0 saturated heterocycles. The van der Waals surface area contributed by atoms with Crippen molar-refractivity contribution >= 4 is 21.8 Å². The van der Waals surface area contributed by atoms with Gasteiger partial charge < -0.3 is 14.8 Å². The highest BCUT2D eigenvalue weighted by molar-refractivity contribution is 9.10. The first kappa shape index (κ1) is 21.3. The van der Waals surface area contributed by atoms with E-state index in [0.29, 0.717) is 28.1 Å². The quantitative estimate of drug-likeness (QED) is 0.640. The van der Waals surface area contributed by atoms with Crippen molar-refractivity contribution in [2.75, 3.05) is 27.3 Å². The molecule has 27 heavy (non-hydrogen) atoms. The van der Waals surface area contributed by atoms with Gasteiger partial charge in [0.25, 0.3) is 5.91 Å². The number of hydrogen-bond donors (Lipinski definition) is 1. The normalized spacial score (nSPS) is 10.7. The van der Waals surface area contributed by atoms with E-state index in [1.54, 1.807) is 26.4 Å². The van der Waals surface area contributed by atoms with Gasteiger partial charge in [-0.1, -0.05) is 38.1 Å². The molecule has 2 aromatic carbocycles. The van der Waals surface area contributed by atoms with Gasteiger partial charge in [-0.05, 0) is 52.3 Å². The fourth-order valence-corrected chi connectivity index (χ4v) is 3.40. The van der Waals surface area contributed by atoms with Crippen molar-refractivity contribution in [1.82, 2.24) is 10.2 Å². The maximum absolute atomic E-state index is 12.7. The Bertz CT molecular complexity index is 751. The summed E-state index contributed by atoms with van der Waals surface area (Å²) in [5.74, 6) is 0.944. The highest BCUT2D eigenvalue weighted by atomic mass is 79.9. The molecule has 0 aliphatic heterocycles. The number of halogens is 1. The van der Waals surface area contributed by atoms with Gasteiger partial charge in [0.1, 0.15) is 16.0 Å². The third-order valence-electron chi connectivity index (χ3n) is 4.55. The molecule has 0 unspecified atom stereocenters. The number of ether oxygens (including phenoxy) is 2. The number of amides is 1. The van der Waals surface area contributed by atoms with Gasteiger partial charge in [-0.3, -0.25) is 9.69 Å². The Morgan fingerprint density at radius 3 is 2.11 bits per heavy atom. The predicted octanol–water partition coefficient (Wildman–Crippen LogP) is 4.24. The second-order valence-corrected chi connectivity index (χ2v) is 6.90. The third-order valence-corrected chi connectivity index (χ3v) is 5.34. The van der Waals surface area contributed by atoms with E-state index in [4.69, 9.17) is 9.47 Å². The number of hydrogen-bond acceptors (Lipinski definition) is 4. The Morgan fingerprint density at radius 1 is 1.04 bits per heavy atom. The van der Waals surface area contributed by atoms with Gasteiger partial charge in [0.05, 0.1) is 14.2 Å². The summed E-state index contributed by atoms with van der Waals surface area (Å²) in [5, 5.41) is 3.00. The third kappa shape index (κ3) is 5.47. The minimum absolute atomic E-state index is 0.170. The summed E-state index contributed by atoms with van der Waals surface area (Å²) in [6.45, 7) is 7.64. The van der Waals surface area contributed by atoms with Crippen LogP contribution in [-0.4, -0.2) is 38.1 Å². The van der Waals surface area contributed by atoms with E-state index in [2.05, 4.69) is 52.1 Å². The number of carbonyl (C=O) groups excluding carboxylic acids is 1. The van der Waals surface area contributed by atoms with E-state index < -0.39 is 0 Å². The minimum Gasteiger partial charge on any atom is -0.495 e. The van der Waals surface area contributed by atoms with Crippen LogP contribution in [0.4, 0.5) is 0 Å². The number of benzene rings is 2. The largest absolute Gasteiger partial charge is 0.495 e. The summed E-state index contributed by atoms with van der Waals surface area (Å²) in [7, 11) is 3.12. The second kappa shape index (κ2) is 10.3. The molecule has 6 heteroatoms. The van der Waals surface area contributed by atoms with Crippen LogP contribution < -0.4 is 14.8 Å². The molecule has 2 aromatic rings. The van der Waals surface area contributed by atoms with Gasteiger partial charge in [-0.15, -0.1) is 0 Å². The fourth-order valence-electron chi connectivity index (χ4n) is 2.85. The van der Waals surface area contributed by atoms with Crippen LogP contribution in [0.5, 0.6) is 11.5 Å². The number of methoxy groups -OCH3 is 2. The molecule has 0 aromatic heterocycles. The lowest BCUT2D eigenvalue weighted by Crippen LogP contribution is -2.26. The van der Waals surface area contributed by atoms with E-state index in [1.165, 1.54) is 5.56 Å².